The Morgan fingerprint density at radius 2 is 2.35 bits per heavy atom. The summed E-state index contributed by atoms with van der Waals surface area (Å²) in [5.41, 5.74) is 5.24. The molecule has 1 heterocycles. The van der Waals surface area contributed by atoms with Gasteiger partial charge in [0.25, 0.3) is 6.43 Å². The van der Waals surface area contributed by atoms with Gasteiger partial charge in [0.1, 0.15) is 12.9 Å². The Morgan fingerprint density at radius 3 is 2.82 bits per heavy atom. The molecule has 0 saturated heterocycles. The molecule has 0 atom stereocenters. The third-order valence-electron chi connectivity index (χ3n) is 1.93. The number of anilines is 1. The molecule has 0 aliphatic heterocycles. The Morgan fingerprint density at radius 1 is 1.65 bits per heavy atom. The van der Waals surface area contributed by atoms with E-state index in [0.717, 1.165) is 9.58 Å². The summed E-state index contributed by atoms with van der Waals surface area (Å²) in [6.45, 7) is -1.48. The highest BCUT2D eigenvalue weighted by Gasteiger charge is 2.18. The Kier molecular flexibility index (Phi) is 4.76. The number of halogens is 2. The van der Waals surface area contributed by atoms with Gasteiger partial charge in [0.05, 0.1) is 13.2 Å². The molecule has 0 saturated carbocycles. The van der Waals surface area contributed by atoms with Gasteiger partial charge in [0.2, 0.25) is 11.9 Å². The molecule has 0 bridgehead atoms. The van der Waals surface area contributed by atoms with Gasteiger partial charge in [-0.3, -0.25) is 4.79 Å². The van der Waals surface area contributed by atoms with E-state index in [1.807, 2.05) is 0 Å². The average Bonchev–Trinajstić information content (AvgIpc) is 2.62. The van der Waals surface area contributed by atoms with Crippen molar-refractivity contribution in [1.82, 2.24) is 19.7 Å². The van der Waals surface area contributed by atoms with Crippen LogP contribution in [0.5, 0.6) is 0 Å². The summed E-state index contributed by atoms with van der Waals surface area (Å²) < 4.78 is 25.5. The van der Waals surface area contributed by atoms with Gasteiger partial charge in [0, 0.05) is 6.54 Å². The fraction of sp³-hybridized carbons (Fsp3) is 0.625. The molecular formula is C8H13F2N5O2. The average molecular weight is 249 g/mol. The predicted molar refractivity (Wildman–Crippen MR) is 54.1 cm³/mol. The van der Waals surface area contributed by atoms with Gasteiger partial charge in [-0.15, -0.1) is 5.10 Å². The first kappa shape index (κ1) is 13.3. The van der Waals surface area contributed by atoms with Crippen LogP contribution in [0.2, 0.25) is 0 Å². The number of aliphatic hydroxyl groups is 1. The zero-order valence-corrected chi connectivity index (χ0v) is 8.96. The predicted octanol–water partition coefficient (Wildman–Crippen LogP) is -1.05. The third-order valence-corrected chi connectivity index (χ3v) is 1.93. The minimum Gasteiger partial charge on any atom is -0.395 e. The van der Waals surface area contributed by atoms with Crippen molar-refractivity contribution >= 4 is 11.9 Å². The van der Waals surface area contributed by atoms with Crippen LogP contribution in [0.15, 0.2) is 6.33 Å². The van der Waals surface area contributed by atoms with Crippen LogP contribution in [0, 0.1) is 0 Å². The van der Waals surface area contributed by atoms with E-state index in [0.29, 0.717) is 0 Å². The fourth-order valence-corrected chi connectivity index (χ4v) is 1.23. The van der Waals surface area contributed by atoms with Crippen LogP contribution in [-0.4, -0.2) is 56.8 Å². The number of aromatic nitrogens is 3. The summed E-state index contributed by atoms with van der Waals surface area (Å²) in [5.74, 6) is -0.579. The molecule has 0 aliphatic carbocycles. The highest BCUT2D eigenvalue weighted by atomic mass is 19.3. The second kappa shape index (κ2) is 6.09. The maximum absolute atomic E-state index is 12.2. The first-order valence-electron chi connectivity index (χ1n) is 4.84. The van der Waals surface area contributed by atoms with Gasteiger partial charge in [0.15, 0.2) is 0 Å². The number of hydrogen-bond acceptors (Lipinski definition) is 5. The lowest BCUT2D eigenvalue weighted by Gasteiger charge is -2.20. The highest BCUT2D eigenvalue weighted by molar-refractivity contribution is 5.75. The van der Waals surface area contributed by atoms with Gasteiger partial charge in [-0.1, -0.05) is 0 Å². The van der Waals surface area contributed by atoms with Crippen molar-refractivity contribution in [3.63, 3.8) is 0 Å². The van der Waals surface area contributed by atoms with Gasteiger partial charge in [-0.25, -0.2) is 18.4 Å². The van der Waals surface area contributed by atoms with Crippen molar-refractivity contribution in [2.24, 2.45) is 0 Å². The molecule has 1 aromatic heterocycles. The number of alkyl halides is 2. The van der Waals surface area contributed by atoms with Gasteiger partial charge < -0.3 is 15.7 Å². The summed E-state index contributed by atoms with van der Waals surface area (Å²) in [5, 5.41) is 12.3. The molecule has 1 aromatic rings. The SMILES string of the molecule is Nc1ncn(CC(=O)N(CCO)CC(F)F)n1. The summed E-state index contributed by atoms with van der Waals surface area (Å²) in [6, 6.07) is 0. The van der Waals surface area contributed by atoms with Crippen LogP contribution in [0.1, 0.15) is 0 Å². The summed E-state index contributed by atoms with van der Waals surface area (Å²) in [6.07, 6.45) is -1.42. The second-order valence-corrected chi connectivity index (χ2v) is 3.25. The number of aliphatic hydroxyl groups excluding tert-OH is 1. The van der Waals surface area contributed by atoms with Crippen molar-refractivity contribution in [2.75, 3.05) is 25.4 Å². The number of amides is 1. The largest absolute Gasteiger partial charge is 0.395 e. The topological polar surface area (TPSA) is 97.3 Å². The molecule has 0 unspecified atom stereocenters. The quantitative estimate of drug-likeness (QED) is 0.670. The number of carbonyl (C=O) groups is 1. The van der Waals surface area contributed by atoms with Gasteiger partial charge in [-0.2, -0.15) is 0 Å². The normalized spacial score (nSPS) is 10.8. The van der Waals surface area contributed by atoms with Crippen LogP contribution < -0.4 is 5.73 Å². The standard InChI is InChI=1S/C8H13F2N5O2/c9-6(10)3-14(1-2-16)7(17)4-15-5-12-8(11)13-15/h5-6,16H,1-4H2,(H2,11,13). The van der Waals surface area contributed by atoms with Crippen LogP contribution in [0.25, 0.3) is 0 Å². The van der Waals surface area contributed by atoms with E-state index in [9.17, 15) is 13.6 Å². The lowest BCUT2D eigenvalue weighted by molar-refractivity contribution is -0.134. The van der Waals surface area contributed by atoms with Crippen LogP contribution >= 0.6 is 0 Å². The minimum atomic E-state index is -2.65. The Bertz CT molecular complexity index is 371. The molecule has 0 radical (unpaired) electrons. The van der Waals surface area contributed by atoms with E-state index in [4.69, 9.17) is 10.8 Å². The molecule has 7 nitrogen and oxygen atoms in total. The van der Waals surface area contributed by atoms with E-state index in [1.165, 1.54) is 6.33 Å². The number of carbonyl (C=O) groups excluding carboxylic acids is 1. The molecule has 0 aromatic carbocycles. The molecule has 0 aliphatic rings. The number of nitrogens with two attached hydrogens (primary N) is 1. The molecule has 1 rings (SSSR count). The van der Waals surface area contributed by atoms with Crippen LogP contribution in [-0.2, 0) is 11.3 Å². The monoisotopic (exact) mass is 249 g/mol. The van der Waals surface area contributed by atoms with Crippen LogP contribution in [0.3, 0.4) is 0 Å². The number of rotatable bonds is 6. The van der Waals surface area contributed by atoms with E-state index < -0.39 is 18.9 Å². The molecule has 96 valence electrons. The van der Waals surface area contributed by atoms with Crippen molar-refractivity contribution < 1.29 is 18.7 Å². The number of hydrogen-bond donors (Lipinski definition) is 2. The van der Waals surface area contributed by atoms with Crippen molar-refractivity contribution in [1.29, 1.82) is 0 Å². The van der Waals surface area contributed by atoms with Crippen LogP contribution in [0.4, 0.5) is 14.7 Å². The smallest absolute Gasteiger partial charge is 0.255 e. The molecule has 1 amide bonds. The fourth-order valence-electron chi connectivity index (χ4n) is 1.23. The minimum absolute atomic E-state index is 0.000341. The van der Waals surface area contributed by atoms with E-state index >= 15 is 0 Å². The van der Waals surface area contributed by atoms with E-state index in [1.54, 1.807) is 0 Å². The summed E-state index contributed by atoms with van der Waals surface area (Å²) in [7, 11) is 0. The highest BCUT2D eigenvalue weighted by Crippen LogP contribution is 2.00. The lowest BCUT2D eigenvalue weighted by Crippen LogP contribution is -2.39. The molecular weight excluding hydrogens is 236 g/mol. The zero-order chi connectivity index (χ0) is 12.8. The zero-order valence-electron chi connectivity index (χ0n) is 8.96. The first-order valence-corrected chi connectivity index (χ1v) is 4.84. The maximum atomic E-state index is 12.2. The second-order valence-electron chi connectivity index (χ2n) is 3.25. The Labute approximate surface area is 95.8 Å². The number of nitrogens with zero attached hydrogens (tertiary/aromatic N) is 4. The molecule has 3 N–H and O–H groups in total. The Hall–Kier alpha value is -1.77. The summed E-state index contributed by atoms with van der Waals surface area (Å²) in [4.78, 5) is 16.1. The van der Waals surface area contributed by atoms with Crippen molar-refractivity contribution in [3.8, 4) is 0 Å². The van der Waals surface area contributed by atoms with E-state index in [-0.39, 0.29) is 25.6 Å². The molecule has 0 fully saturated rings. The molecule has 9 heteroatoms. The Balaban J connectivity index is 2.58. The van der Waals surface area contributed by atoms with Gasteiger partial charge >= 0.3 is 0 Å². The first-order chi connectivity index (χ1) is 8.02. The number of nitrogen functional groups attached to an aromatic ring is 1. The molecule has 17 heavy (non-hydrogen) atoms. The van der Waals surface area contributed by atoms with Gasteiger partial charge in [-0.05, 0) is 0 Å². The third kappa shape index (κ3) is 4.31. The van der Waals surface area contributed by atoms with Crippen molar-refractivity contribution in [3.05, 3.63) is 6.33 Å². The van der Waals surface area contributed by atoms with Crippen molar-refractivity contribution in [2.45, 2.75) is 13.0 Å². The summed E-state index contributed by atoms with van der Waals surface area (Å²) >= 11 is 0. The molecule has 0 spiro atoms. The van der Waals surface area contributed by atoms with E-state index in [2.05, 4.69) is 10.1 Å². The maximum Gasteiger partial charge on any atom is 0.255 e. The lowest BCUT2D eigenvalue weighted by atomic mass is 10.4.